The lowest BCUT2D eigenvalue weighted by molar-refractivity contribution is -0.0409. The maximum absolute atomic E-state index is 13.4. The second kappa shape index (κ2) is 5.95. The van der Waals surface area contributed by atoms with E-state index < -0.39 is 11.6 Å². The number of nitrogens with zero attached hydrogens (tertiary/aromatic N) is 1. The quantitative estimate of drug-likeness (QED) is 0.798. The van der Waals surface area contributed by atoms with Crippen LogP contribution in [0.1, 0.15) is 0 Å². The van der Waals surface area contributed by atoms with Crippen molar-refractivity contribution in [2.45, 2.75) is 6.10 Å². The molecule has 1 aromatic rings. The van der Waals surface area contributed by atoms with Crippen molar-refractivity contribution in [3.63, 3.8) is 0 Å². The Kier molecular flexibility index (Phi) is 4.53. The van der Waals surface area contributed by atoms with E-state index in [1.54, 1.807) is 0 Å². The van der Waals surface area contributed by atoms with Gasteiger partial charge < -0.3 is 14.4 Å². The molecule has 1 fully saturated rings. The lowest BCUT2D eigenvalue weighted by Crippen LogP contribution is -2.42. The Labute approximate surface area is 113 Å². The molecule has 1 unspecified atom stereocenters. The molecule has 1 atom stereocenters. The monoisotopic (exact) mass is 321 g/mol. The van der Waals surface area contributed by atoms with Gasteiger partial charge in [-0.1, -0.05) is 15.9 Å². The molecule has 0 radical (unpaired) electrons. The molecule has 0 aliphatic carbocycles. The van der Waals surface area contributed by atoms with E-state index in [0.29, 0.717) is 11.1 Å². The average Bonchev–Trinajstić information content (AvgIpc) is 2.32. The molecular formula is C12H14BrF2NO2. The molecule has 1 heterocycles. The number of benzene rings is 1. The Hall–Kier alpha value is -0.720. The molecule has 0 amide bonds. The molecule has 6 heteroatoms. The summed E-state index contributed by atoms with van der Waals surface area (Å²) in [5.41, 5.74) is 0. The fraction of sp³-hybridized carbons (Fsp3) is 0.500. The summed E-state index contributed by atoms with van der Waals surface area (Å²) in [7, 11) is 1.98. The molecule has 0 spiro atoms. The van der Waals surface area contributed by atoms with E-state index in [1.165, 1.54) is 6.07 Å². The first-order valence-electron chi connectivity index (χ1n) is 5.63. The Balaban J connectivity index is 1.97. The van der Waals surface area contributed by atoms with E-state index in [1.807, 2.05) is 7.05 Å². The van der Waals surface area contributed by atoms with E-state index in [-0.39, 0.29) is 18.5 Å². The molecule has 1 aliphatic heterocycles. The van der Waals surface area contributed by atoms with Gasteiger partial charge in [0, 0.05) is 17.6 Å². The van der Waals surface area contributed by atoms with E-state index in [9.17, 15) is 8.78 Å². The van der Waals surface area contributed by atoms with Gasteiger partial charge in [-0.25, -0.2) is 4.39 Å². The maximum Gasteiger partial charge on any atom is 0.200 e. The van der Waals surface area contributed by atoms with Gasteiger partial charge in [-0.05, 0) is 19.2 Å². The molecule has 100 valence electrons. The van der Waals surface area contributed by atoms with Crippen molar-refractivity contribution >= 4 is 15.9 Å². The summed E-state index contributed by atoms with van der Waals surface area (Å²) < 4.78 is 37.8. The van der Waals surface area contributed by atoms with E-state index >= 15 is 0 Å². The highest BCUT2D eigenvalue weighted by atomic mass is 79.9. The average molecular weight is 322 g/mol. The SMILES string of the molecule is CN1CCOC(COc2cc(Br)cc(F)c2F)C1. The minimum Gasteiger partial charge on any atom is -0.488 e. The molecule has 0 bridgehead atoms. The minimum atomic E-state index is -0.970. The van der Waals surface area contributed by atoms with Crippen LogP contribution in [0.25, 0.3) is 0 Å². The summed E-state index contributed by atoms with van der Waals surface area (Å²) in [6.07, 6.45) is -0.120. The van der Waals surface area contributed by atoms with Crippen molar-refractivity contribution in [3.8, 4) is 5.75 Å². The summed E-state index contributed by atoms with van der Waals surface area (Å²) in [5.74, 6) is -2.00. The van der Waals surface area contributed by atoms with Crippen LogP contribution in [-0.2, 0) is 4.74 Å². The van der Waals surface area contributed by atoms with Crippen LogP contribution in [0.4, 0.5) is 8.78 Å². The van der Waals surface area contributed by atoms with Crippen LogP contribution in [-0.4, -0.2) is 44.4 Å². The fourth-order valence-corrected chi connectivity index (χ4v) is 2.20. The third kappa shape index (κ3) is 3.40. The lowest BCUT2D eigenvalue weighted by Gasteiger charge is -2.29. The Bertz CT molecular complexity index is 431. The number of halogens is 3. The van der Waals surface area contributed by atoms with Crippen molar-refractivity contribution in [1.29, 1.82) is 0 Å². The molecule has 18 heavy (non-hydrogen) atoms. The number of rotatable bonds is 3. The summed E-state index contributed by atoms with van der Waals surface area (Å²) in [4.78, 5) is 2.11. The van der Waals surface area contributed by atoms with Gasteiger partial charge in [0.2, 0.25) is 5.82 Å². The number of hydrogen-bond donors (Lipinski definition) is 0. The van der Waals surface area contributed by atoms with Gasteiger partial charge in [-0.2, -0.15) is 4.39 Å². The lowest BCUT2D eigenvalue weighted by atomic mass is 10.3. The van der Waals surface area contributed by atoms with Gasteiger partial charge >= 0.3 is 0 Å². The summed E-state index contributed by atoms with van der Waals surface area (Å²) in [6, 6.07) is 2.47. The number of likely N-dealkylation sites (N-methyl/N-ethyl adjacent to an activating group) is 1. The van der Waals surface area contributed by atoms with Crippen molar-refractivity contribution in [1.82, 2.24) is 4.90 Å². The zero-order valence-electron chi connectivity index (χ0n) is 9.96. The van der Waals surface area contributed by atoms with Crippen LogP contribution < -0.4 is 4.74 Å². The van der Waals surface area contributed by atoms with Crippen LogP contribution in [0.3, 0.4) is 0 Å². The van der Waals surface area contributed by atoms with Gasteiger partial charge in [0.15, 0.2) is 11.6 Å². The van der Waals surface area contributed by atoms with Gasteiger partial charge in [0.05, 0.1) is 6.61 Å². The molecule has 1 saturated heterocycles. The first kappa shape index (κ1) is 13.7. The molecule has 2 rings (SSSR count). The zero-order valence-corrected chi connectivity index (χ0v) is 11.5. The van der Waals surface area contributed by atoms with Crippen molar-refractivity contribution in [2.75, 3.05) is 33.4 Å². The topological polar surface area (TPSA) is 21.7 Å². The number of ether oxygens (including phenoxy) is 2. The number of hydrogen-bond acceptors (Lipinski definition) is 3. The van der Waals surface area contributed by atoms with Crippen molar-refractivity contribution in [2.24, 2.45) is 0 Å². The molecule has 0 N–H and O–H groups in total. The highest BCUT2D eigenvalue weighted by Gasteiger charge is 2.19. The third-order valence-electron chi connectivity index (χ3n) is 2.73. The van der Waals surface area contributed by atoms with E-state index in [0.717, 1.165) is 19.2 Å². The van der Waals surface area contributed by atoms with Gasteiger partial charge in [0.25, 0.3) is 0 Å². The van der Waals surface area contributed by atoms with Gasteiger partial charge in [-0.15, -0.1) is 0 Å². The molecular weight excluding hydrogens is 308 g/mol. The largest absolute Gasteiger partial charge is 0.488 e. The van der Waals surface area contributed by atoms with Gasteiger partial charge in [-0.3, -0.25) is 0 Å². The third-order valence-corrected chi connectivity index (χ3v) is 3.18. The molecule has 1 aromatic carbocycles. The van der Waals surface area contributed by atoms with E-state index in [4.69, 9.17) is 9.47 Å². The summed E-state index contributed by atoms with van der Waals surface area (Å²) in [6.45, 7) is 2.42. The summed E-state index contributed by atoms with van der Waals surface area (Å²) in [5, 5.41) is 0. The second-order valence-corrected chi connectivity index (χ2v) is 5.18. The maximum atomic E-state index is 13.4. The number of morpholine rings is 1. The predicted molar refractivity (Wildman–Crippen MR) is 66.8 cm³/mol. The Morgan fingerprint density at radius 2 is 2.28 bits per heavy atom. The fourth-order valence-electron chi connectivity index (χ4n) is 1.79. The second-order valence-electron chi connectivity index (χ2n) is 4.27. The normalized spacial score (nSPS) is 21.0. The standard InChI is InChI=1S/C12H14BrF2NO2/c1-16-2-3-17-9(6-16)7-18-11-5-8(13)4-10(14)12(11)15/h4-5,9H,2-3,6-7H2,1H3. The Morgan fingerprint density at radius 1 is 1.50 bits per heavy atom. The first-order valence-corrected chi connectivity index (χ1v) is 6.43. The van der Waals surface area contributed by atoms with E-state index in [2.05, 4.69) is 20.8 Å². The van der Waals surface area contributed by atoms with Crippen LogP contribution in [0, 0.1) is 11.6 Å². The predicted octanol–water partition coefficient (Wildman–Crippen LogP) is 2.44. The van der Waals surface area contributed by atoms with Crippen molar-refractivity contribution in [3.05, 3.63) is 28.2 Å². The zero-order chi connectivity index (χ0) is 13.1. The van der Waals surface area contributed by atoms with Crippen LogP contribution in [0.5, 0.6) is 5.75 Å². The smallest absolute Gasteiger partial charge is 0.200 e. The molecule has 3 nitrogen and oxygen atoms in total. The first-order chi connectivity index (χ1) is 8.56. The van der Waals surface area contributed by atoms with Crippen LogP contribution in [0.2, 0.25) is 0 Å². The molecule has 1 aliphatic rings. The minimum absolute atomic E-state index is 0.0984. The van der Waals surface area contributed by atoms with Crippen LogP contribution in [0.15, 0.2) is 16.6 Å². The van der Waals surface area contributed by atoms with Gasteiger partial charge in [0.1, 0.15) is 12.7 Å². The molecule has 0 aromatic heterocycles. The van der Waals surface area contributed by atoms with Crippen LogP contribution >= 0.6 is 15.9 Å². The summed E-state index contributed by atoms with van der Waals surface area (Å²) >= 11 is 3.10. The Morgan fingerprint density at radius 3 is 3.00 bits per heavy atom. The highest BCUT2D eigenvalue weighted by molar-refractivity contribution is 9.10. The highest BCUT2D eigenvalue weighted by Crippen LogP contribution is 2.25. The molecule has 0 saturated carbocycles. The van der Waals surface area contributed by atoms with Crippen molar-refractivity contribution < 1.29 is 18.3 Å².